The molecule has 1 aromatic carbocycles. The second-order valence-corrected chi connectivity index (χ2v) is 18.8. The Kier molecular flexibility index (Phi) is 7.95. The number of allylic oxidation sites excluding steroid dienone is 1. The predicted octanol–water partition coefficient (Wildman–Crippen LogP) is 7.31. The number of fused-ring (bicyclic) bond motifs is 1. The predicted molar refractivity (Wildman–Crippen MR) is 169 cm³/mol. The summed E-state index contributed by atoms with van der Waals surface area (Å²) in [5.41, 5.74) is 10.0. The molecule has 2 aliphatic rings. The summed E-state index contributed by atoms with van der Waals surface area (Å²) in [5.74, 6) is -0.148. The monoisotopic (exact) mass is 585 g/mol. The van der Waals surface area contributed by atoms with Crippen LogP contribution in [0.15, 0.2) is 48.9 Å². The summed E-state index contributed by atoms with van der Waals surface area (Å²) in [6.45, 7) is 16.2. The van der Waals surface area contributed by atoms with E-state index in [2.05, 4.69) is 93.1 Å². The summed E-state index contributed by atoms with van der Waals surface area (Å²) in [4.78, 5) is 4.43. The molecule has 4 heterocycles. The number of aryl methyl sites for hydroxylation is 1. The lowest BCUT2D eigenvalue weighted by atomic mass is 9.88. The minimum atomic E-state index is -1.20. The van der Waals surface area contributed by atoms with E-state index in [0.717, 1.165) is 65.6 Å². The number of ether oxygens (including phenoxy) is 3. The van der Waals surface area contributed by atoms with Gasteiger partial charge in [0, 0.05) is 50.4 Å². The van der Waals surface area contributed by atoms with Crippen molar-refractivity contribution in [1.29, 1.82) is 0 Å². The lowest BCUT2D eigenvalue weighted by Gasteiger charge is -2.30. The van der Waals surface area contributed by atoms with Crippen LogP contribution in [0.25, 0.3) is 33.7 Å². The van der Waals surface area contributed by atoms with Gasteiger partial charge in [-0.05, 0) is 48.1 Å². The molecule has 1 fully saturated rings. The first-order chi connectivity index (χ1) is 20.1. The van der Waals surface area contributed by atoms with Gasteiger partial charge in [0.15, 0.2) is 11.4 Å². The quantitative estimate of drug-likeness (QED) is 0.151. The molecule has 1 aliphatic heterocycles. The van der Waals surface area contributed by atoms with Crippen molar-refractivity contribution in [3.63, 3.8) is 0 Å². The first kappa shape index (κ1) is 29.0. The Morgan fingerprint density at radius 2 is 1.79 bits per heavy atom. The van der Waals surface area contributed by atoms with Crippen molar-refractivity contribution in [2.24, 2.45) is 0 Å². The minimum absolute atomic E-state index is 0.251. The number of pyridine rings is 1. The van der Waals surface area contributed by atoms with Gasteiger partial charge in [-0.2, -0.15) is 10.2 Å². The van der Waals surface area contributed by atoms with Crippen molar-refractivity contribution in [3.8, 4) is 22.5 Å². The number of aromatic nitrogens is 5. The molecule has 8 nitrogen and oxygen atoms in total. The molecule has 222 valence electrons. The van der Waals surface area contributed by atoms with Gasteiger partial charge in [0.2, 0.25) is 0 Å². The number of rotatable bonds is 9. The van der Waals surface area contributed by atoms with Gasteiger partial charge in [0.1, 0.15) is 13.1 Å². The SMILES string of the molecule is Cc1cc(-c2c(C(C)C)c(-c3ccc(C4=CCC5(CC4)OCCO5)cc3)nn2COCC[Si](C)(C)C)cn2ncnc12. The van der Waals surface area contributed by atoms with Gasteiger partial charge in [-0.1, -0.05) is 63.8 Å². The Bertz CT molecular complexity index is 1590. The normalized spacial score (nSPS) is 17.1. The highest BCUT2D eigenvalue weighted by Crippen LogP contribution is 2.40. The van der Waals surface area contributed by atoms with Gasteiger partial charge < -0.3 is 14.2 Å². The average Bonchev–Trinajstić information content (AvgIpc) is 3.70. The molecule has 1 saturated heterocycles. The van der Waals surface area contributed by atoms with Crippen molar-refractivity contribution >= 4 is 19.3 Å². The molecule has 0 radical (unpaired) electrons. The first-order valence-corrected chi connectivity index (χ1v) is 18.9. The van der Waals surface area contributed by atoms with E-state index < -0.39 is 13.9 Å². The van der Waals surface area contributed by atoms with Gasteiger partial charge in [0.05, 0.1) is 24.6 Å². The third-order valence-electron chi connectivity index (χ3n) is 8.39. The lowest BCUT2D eigenvalue weighted by Crippen LogP contribution is -2.31. The Morgan fingerprint density at radius 1 is 1.05 bits per heavy atom. The Labute approximate surface area is 249 Å². The molecule has 6 rings (SSSR count). The van der Waals surface area contributed by atoms with Crippen LogP contribution in [-0.2, 0) is 20.9 Å². The van der Waals surface area contributed by atoms with Crippen LogP contribution in [0, 0.1) is 6.92 Å². The molecule has 3 aromatic heterocycles. The third kappa shape index (κ3) is 5.88. The lowest BCUT2D eigenvalue weighted by molar-refractivity contribution is -0.159. The number of benzene rings is 1. The van der Waals surface area contributed by atoms with E-state index in [4.69, 9.17) is 19.3 Å². The van der Waals surface area contributed by atoms with Crippen molar-refractivity contribution in [2.45, 2.75) is 84.2 Å². The zero-order valence-electron chi connectivity index (χ0n) is 25.8. The van der Waals surface area contributed by atoms with Crippen LogP contribution in [0.1, 0.15) is 55.7 Å². The van der Waals surface area contributed by atoms with Crippen LogP contribution in [0.2, 0.25) is 25.7 Å². The van der Waals surface area contributed by atoms with Crippen molar-refractivity contribution in [2.75, 3.05) is 19.8 Å². The highest BCUT2D eigenvalue weighted by Gasteiger charge is 2.37. The van der Waals surface area contributed by atoms with E-state index in [-0.39, 0.29) is 5.92 Å². The van der Waals surface area contributed by atoms with Crippen molar-refractivity contribution < 1.29 is 14.2 Å². The molecule has 0 N–H and O–H groups in total. The van der Waals surface area contributed by atoms with E-state index >= 15 is 0 Å². The summed E-state index contributed by atoms with van der Waals surface area (Å²) >= 11 is 0. The van der Waals surface area contributed by atoms with E-state index in [9.17, 15) is 0 Å². The Hall–Kier alpha value is -3.11. The molecule has 0 amide bonds. The average molecular weight is 586 g/mol. The zero-order valence-corrected chi connectivity index (χ0v) is 26.8. The summed E-state index contributed by atoms with van der Waals surface area (Å²) in [7, 11) is -1.20. The maximum Gasteiger partial charge on any atom is 0.172 e. The van der Waals surface area contributed by atoms with E-state index in [1.165, 1.54) is 16.7 Å². The Balaban J connectivity index is 1.36. The van der Waals surface area contributed by atoms with Crippen molar-refractivity contribution in [1.82, 2.24) is 24.4 Å². The topological polar surface area (TPSA) is 75.7 Å². The molecule has 9 heteroatoms. The van der Waals surface area contributed by atoms with Crippen LogP contribution in [0.4, 0.5) is 0 Å². The summed E-state index contributed by atoms with van der Waals surface area (Å²) < 4.78 is 22.0. The second-order valence-electron chi connectivity index (χ2n) is 13.2. The second kappa shape index (κ2) is 11.5. The fraction of sp³-hybridized carbons (Fsp3) is 0.485. The molecule has 42 heavy (non-hydrogen) atoms. The number of hydrogen-bond acceptors (Lipinski definition) is 6. The zero-order chi connectivity index (χ0) is 29.5. The van der Waals surface area contributed by atoms with Crippen LogP contribution in [-0.4, -0.2) is 58.1 Å². The van der Waals surface area contributed by atoms with Crippen LogP contribution in [0.5, 0.6) is 0 Å². The van der Waals surface area contributed by atoms with Gasteiger partial charge in [-0.15, -0.1) is 0 Å². The molecular weight excluding hydrogens is 542 g/mol. The fourth-order valence-corrected chi connectivity index (χ4v) is 6.81. The fourth-order valence-electron chi connectivity index (χ4n) is 6.06. The van der Waals surface area contributed by atoms with Gasteiger partial charge >= 0.3 is 0 Å². The minimum Gasteiger partial charge on any atom is -0.360 e. The standard InChI is InChI=1S/C33H43N5O3Si/c1-23(2)29-30(27-9-7-25(8-10-27)26-11-13-33(14-12-26)40-15-16-41-33)36-38(22-39-17-18-42(4,5)6)31(29)28-19-24(3)32-34-21-35-37(32)20-28/h7-11,19-21,23H,12-18,22H2,1-6H3. The molecule has 1 aliphatic carbocycles. The molecule has 0 bridgehead atoms. The molecule has 1 spiro atoms. The van der Waals surface area contributed by atoms with Gasteiger partial charge in [0.25, 0.3) is 0 Å². The molecular formula is C33H43N5O3Si. The largest absolute Gasteiger partial charge is 0.360 e. The molecule has 4 aromatic rings. The highest BCUT2D eigenvalue weighted by atomic mass is 28.3. The molecule has 0 atom stereocenters. The van der Waals surface area contributed by atoms with Crippen LogP contribution in [0.3, 0.4) is 0 Å². The number of hydrogen-bond donors (Lipinski definition) is 0. The third-order valence-corrected chi connectivity index (χ3v) is 10.1. The van der Waals surface area contributed by atoms with E-state index in [1.807, 2.05) is 9.20 Å². The van der Waals surface area contributed by atoms with Crippen molar-refractivity contribution in [3.05, 3.63) is 65.6 Å². The molecule has 0 unspecified atom stereocenters. The highest BCUT2D eigenvalue weighted by molar-refractivity contribution is 6.76. The maximum absolute atomic E-state index is 6.26. The van der Waals surface area contributed by atoms with Gasteiger partial charge in [-0.3, -0.25) is 0 Å². The summed E-state index contributed by atoms with van der Waals surface area (Å²) in [6, 6.07) is 12.2. The van der Waals surface area contributed by atoms with E-state index in [1.54, 1.807) is 6.33 Å². The smallest absolute Gasteiger partial charge is 0.172 e. The van der Waals surface area contributed by atoms with Crippen LogP contribution < -0.4 is 0 Å². The number of nitrogens with zero attached hydrogens (tertiary/aromatic N) is 5. The summed E-state index contributed by atoms with van der Waals surface area (Å²) in [5, 5.41) is 9.65. The molecule has 0 saturated carbocycles. The summed E-state index contributed by atoms with van der Waals surface area (Å²) in [6.07, 6.45) is 8.62. The van der Waals surface area contributed by atoms with Gasteiger partial charge in [-0.25, -0.2) is 14.2 Å². The van der Waals surface area contributed by atoms with Crippen LogP contribution >= 0.6 is 0 Å². The van der Waals surface area contributed by atoms with E-state index in [0.29, 0.717) is 19.9 Å². The first-order valence-electron chi connectivity index (χ1n) is 15.2. The maximum atomic E-state index is 6.26. The Morgan fingerprint density at radius 3 is 2.45 bits per heavy atom.